The van der Waals surface area contributed by atoms with Crippen molar-refractivity contribution < 1.29 is 14.3 Å². The van der Waals surface area contributed by atoms with Gasteiger partial charge in [-0.3, -0.25) is 4.79 Å². The summed E-state index contributed by atoms with van der Waals surface area (Å²) in [6.45, 7) is 2.46. The lowest BCUT2D eigenvalue weighted by Crippen LogP contribution is -2.41. The summed E-state index contributed by atoms with van der Waals surface area (Å²) in [6, 6.07) is 3.90. The number of aliphatic hydroxyl groups excluding tert-OH is 1. The topological polar surface area (TPSA) is 49.3 Å². The molecule has 0 unspecified atom stereocenters. The highest BCUT2D eigenvalue weighted by Gasteiger charge is 2.35. The summed E-state index contributed by atoms with van der Waals surface area (Å²) in [5.41, 5.74) is 0.885. The predicted molar refractivity (Wildman–Crippen MR) is 79.3 cm³/mol. The summed E-state index contributed by atoms with van der Waals surface area (Å²) in [4.78, 5) is 12.3. The van der Waals surface area contributed by atoms with Gasteiger partial charge in [-0.25, -0.2) is 4.39 Å². The van der Waals surface area contributed by atoms with Crippen LogP contribution in [0.15, 0.2) is 18.2 Å². The van der Waals surface area contributed by atoms with E-state index in [2.05, 4.69) is 24.1 Å². The van der Waals surface area contributed by atoms with Gasteiger partial charge in [-0.05, 0) is 42.9 Å². The Bertz CT molecular complexity index is 577. The van der Waals surface area contributed by atoms with Gasteiger partial charge in [0.25, 0.3) is 5.91 Å². The van der Waals surface area contributed by atoms with Gasteiger partial charge in [-0.15, -0.1) is 0 Å². The van der Waals surface area contributed by atoms with Crippen molar-refractivity contribution in [3.05, 3.63) is 35.1 Å². The summed E-state index contributed by atoms with van der Waals surface area (Å²) in [7, 11) is 0. The van der Waals surface area contributed by atoms with Gasteiger partial charge in [0.05, 0.1) is 5.56 Å². The monoisotopic (exact) mass is 289 g/mol. The highest BCUT2D eigenvalue weighted by molar-refractivity contribution is 5.96. The lowest BCUT2D eigenvalue weighted by atomic mass is 9.67. The zero-order chi connectivity index (χ0) is 15.3. The Morgan fingerprint density at radius 1 is 1.48 bits per heavy atom. The number of benzene rings is 1. The molecule has 0 saturated heterocycles. The molecule has 0 bridgehead atoms. The Kier molecular flexibility index (Phi) is 4.98. The lowest BCUT2D eigenvalue weighted by Gasteiger charge is -2.41. The molecule has 112 valence electrons. The van der Waals surface area contributed by atoms with Crippen LogP contribution in [0.4, 0.5) is 4.39 Å². The molecule has 21 heavy (non-hydrogen) atoms. The van der Waals surface area contributed by atoms with Crippen LogP contribution in [-0.4, -0.2) is 24.2 Å². The summed E-state index contributed by atoms with van der Waals surface area (Å²) < 4.78 is 13.3. The Morgan fingerprint density at radius 2 is 2.24 bits per heavy atom. The largest absolute Gasteiger partial charge is 0.384 e. The molecule has 0 aromatic heterocycles. The van der Waals surface area contributed by atoms with Crippen LogP contribution in [-0.2, 0) is 0 Å². The highest BCUT2D eigenvalue weighted by Crippen LogP contribution is 2.43. The summed E-state index contributed by atoms with van der Waals surface area (Å²) in [5, 5.41) is 11.7. The fourth-order valence-corrected chi connectivity index (χ4v) is 2.65. The number of hydrogen-bond donors (Lipinski definition) is 2. The molecule has 4 heteroatoms. The minimum absolute atomic E-state index is 0.229. The maximum Gasteiger partial charge on any atom is 0.252 e. The van der Waals surface area contributed by atoms with Crippen LogP contribution < -0.4 is 5.32 Å². The van der Waals surface area contributed by atoms with E-state index in [1.807, 2.05) is 0 Å². The van der Waals surface area contributed by atoms with Crippen molar-refractivity contribution in [1.82, 2.24) is 5.32 Å². The average molecular weight is 289 g/mol. The summed E-state index contributed by atoms with van der Waals surface area (Å²) in [5.74, 6) is 4.39. The zero-order valence-electron chi connectivity index (χ0n) is 12.2. The minimum Gasteiger partial charge on any atom is -0.384 e. The Morgan fingerprint density at radius 3 is 2.81 bits per heavy atom. The molecule has 1 aliphatic carbocycles. The van der Waals surface area contributed by atoms with Crippen LogP contribution in [0.5, 0.6) is 0 Å². The second kappa shape index (κ2) is 6.73. The molecule has 2 N–H and O–H groups in total. The number of carbonyl (C=O) groups excluding carboxylic acids is 1. The molecule has 3 nitrogen and oxygen atoms in total. The van der Waals surface area contributed by atoms with Gasteiger partial charge < -0.3 is 10.4 Å². The number of aliphatic hydroxyl groups is 1. The maximum absolute atomic E-state index is 13.3. The Hall–Kier alpha value is -1.86. The van der Waals surface area contributed by atoms with Gasteiger partial charge in [0.1, 0.15) is 12.4 Å². The van der Waals surface area contributed by atoms with Crippen molar-refractivity contribution in [2.45, 2.75) is 32.6 Å². The number of amides is 1. The van der Waals surface area contributed by atoms with Crippen molar-refractivity contribution in [3.8, 4) is 11.8 Å². The van der Waals surface area contributed by atoms with Gasteiger partial charge in [-0.1, -0.05) is 25.2 Å². The van der Waals surface area contributed by atoms with Crippen LogP contribution in [0.3, 0.4) is 0 Å². The van der Waals surface area contributed by atoms with Gasteiger partial charge >= 0.3 is 0 Å². The third-order valence-corrected chi connectivity index (χ3v) is 4.32. The van der Waals surface area contributed by atoms with Gasteiger partial charge in [0.15, 0.2) is 0 Å². The van der Waals surface area contributed by atoms with Crippen LogP contribution in [0.25, 0.3) is 0 Å². The molecule has 1 aromatic rings. The molecule has 0 atom stereocenters. The summed E-state index contributed by atoms with van der Waals surface area (Å²) in [6.07, 6.45) is 4.55. The van der Waals surface area contributed by atoms with E-state index in [1.54, 1.807) is 0 Å². The van der Waals surface area contributed by atoms with E-state index in [-0.39, 0.29) is 17.9 Å². The van der Waals surface area contributed by atoms with Crippen LogP contribution >= 0.6 is 0 Å². The number of carbonyl (C=O) groups is 1. The lowest BCUT2D eigenvalue weighted by molar-refractivity contribution is 0.0850. The van der Waals surface area contributed by atoms with Gasteiger partial charge in [-0.2, -0.15) is 0 Å². The Labute approximate surface area is 124 Å². The van der Waals surface area contributed by atoms with Gasteiger partial charge in [0.2, 0.25) is 0 Å². The number of rotatable bonds is 4. The third kappa shape index (κ3) is 3.62. The molecule has 1 fully saturated rings. The smallest absolute Gasteiger partial charge is 0.252 e. The standard InChI is InChI=1S/C17H20FNO2/c1-2-17(8-4-9-17)12-19-16(21)15-7-6-14(18)11-13(15)5-3-10-20/h6-7,11,20H,2,4,8-10,12H2,1H3,(H,19,21). The molecule has 0 radical (unpaired) electrons. The first kappa shape index (κ1) is 15.5. The zero-order valence-corrected chi connectivity index (χ0v) is 12.2. The predicted octanol–water partition coefficient (Wildman–Crippen LogP) is 2.48. The normalized spacial score (nSPS) is 15.6. The second-order valence-corrected chi connectivity index (χ2v) is 5.54. The highest BCUT2D eigenvalue weighted by atomic mass is 19.1. The van der Waals surface area contributed by atoms with E-state index in [9.17, 15) is 9.18 Å². The molecule has 1 saturated carbocycles. The fourth-order valence-electron chi connectivity index (χ4n) is 2.65. The second-order valence-electron chi connectivity index (χ2n) is 5.54. The quantitative estimate of drug-likeness (QED) is 0.837. The van der Waals surface area contributed by atoms with Crippen LogP contribution in [0.2, 0.25) is 0 Å². The van der Waals surface area contributed by atoms with E-state index in [0.717, 1.165) is 19.3 Å². The number of halogens is 1. The van der Waals surface area contributed by atoms with Crippen molar-refractivity contribution in [3.63, 3.8) is 0 Å². The molecule has 1 amide bonds. The SMILES string of the molecule is CCC1(CNC(=O)c2ccc(F)cc2C#CCO)CCC1. The minimum atomic E-state index is -0.446. The molecular formula is C17H20FNO2. The molecule has 1 aromatic carbocycles. The van der Waals surface area contributed by atoms with E-state index >= 15 is 0 Å². The Balaban J connectivity index is 2.11. The molecule has 0 spiro atoms. The molecule has 2 rings (SSSR count). The number of nitrogens with one attached hydrogen (secondary N) is 1. The first-order chi connectivity index (χ1) is 10.1. The van der Waals surface area contributed by atoms with E-state index in [1.165, 1.54) is 24.6 Å². The fraction of sp³-hybridized carbons (Fsp3) is 0.471. The molecule has 0 heterocycles. The van der Waals surface area contributed by atoms with Crippen molar-refractivity contribution in [2.75, 3.05) is 13.2 Å². The third-order valence-electron chi connectivity index (χ3n) is 4.32. The van der Waals surface area contributed by atoms with E-state index in [4.69, 9.17) is 5.11 Å². The first-order valence-corrected chi connectivity index (χ1v) is 7.28. The summed E-state index contributed by atoms with van der Waals surface area (Å²) >= 11 is 0. The van der Waals surface area contributed by atoms with E-state index < -0.39 is 5.82 Å². The van der Waals surface area contributed by atoms with Crippen LogP contribution in [0.1, 0.15) is 48.5 Å². The van der Waals surface area contributed by atoms with E-state index in [0.29, 0.717) is 17.7 Å². The maximum atomic E-state index is 13.3. The van der Waals surface area contributed by atoms with Crippen molar-refractivity contribution in [2.24, 2.45) is 5.41 Å². The molecular weight excluding hydrogens is 269 g/mol. The van der Waals surface area contributed by atoms with Crippen molar-refractivity contribution >= 4 is 5.91 Å². The molecule has 0 aliphatic heterocycles. The van der Waals surface area contributed by atoms with Crippen molar-refractivity contribution in [1.29, 1.82) is 0 Å². The van der Waals surface area contributed by atoms with Crippen LogP contribution in [0, 0.1) is 23.1 Å². The first-order valence-electron chi connectivity index (χ1n) is 7.28. The molecule has 1 aliphatic rings. The average Bonchev–Trinajstić information content (AvgIpc) is 2.44. The van der Waals surface area contributed by atoms with Gasteiger partial charge in [0, 0.05) is 12.1 Å². The number of hydrogen-bond acceptors (Lipinski definition) is 2.